The fourth-order valence-electron chi connectivity index (χ4n) is 1.14. The van der Waals surface area contributed by atoms with Crippen LogP contribution in [0, 0.1) is 17.4 Å². The van der Waals surface area contributed by atoms with Crippen molar-refractivity contribution in [2.75, 3.05) is 13.9 Å². The molecule has 0 radical (unpaired) electrons. The topological polar surface area (TPSA) is 18.5 Å². The van der Waals surface area contributed by atoms with E-state index in [4.69, 9.17) is 9.47 Å². The van der Waals surface area contributed by atoms with E-state index >= 15 is 0 Å². The quantitative estimate of drug-likeness (QED) is 0.630. The molecule has 0 unspecified atom stereocenters. The van der Waals surface area contributed by atoms with Crippen LogP contribution in [0.2, 0.25) is 0 Å². The maximum absolute atomic E-state index is 5.42. The third-order valence-corrected chi connectivity index (χ3v) is 3.08. The van der Waals surface area contributed by atoms with Gasteiger partial charge >= 0.3 is 0 Å². The van der Waals surface area contributed by atoms with Gasteiger partial charge in [0.05, 0.1) is 3.57 Å². The van der Waals surface area contributed by atoms with Crippen LogP contribution in [-0.4, -0.2) is 13.9 Å². The summed E-state index contributed by atoms with van der Waals surface area (Å²) in [4.78, 5) is 0. The SMILES string of the molecule is COCOc1cc(C)cc(C)c1I. The van der Waals surface area contributed by atoms with Crippen molar-refractivity contribution < 1.29 is 9.47 Å². The molecule has 1 aromatic rings. The summed E-state index contributed by atoms with van der Waals surface area (Å²) >= 11 is 2.28. The van der Waals surface area contributed by atoms with Crippen LogP contribution in [0.5, 0.6) is 5.75 Å². The Kier molecular flexibility index (Phi) is 3.99. The van der Waals surface area contributed by atoms with Crippen LogP contribution in [0.15, 0.2) is 12.1 Å². The van der Waals surface area contributed by atoms with Crippen LogP contribution >= 0.6 is 22.6 Å². The molecule has 72 valence electrons. The van der Waals surface area contributed by atoms with E-state index in [2.05, 4.69) is 42.5 Å². The van der Waals surface area contributed by atoms with E-state index in [-0.39, 0.29) is 0 Å². The molecule has 0 heterocycles. The van der Waals surface area contributed by atoms with Gasteiger partial charge in [0.25, 0.3) is 0 Å². The number of aryl methyl sites for hydroxylation is 2. The van der Waals surface area contributed by atoms with E-state index in [1.165, 1.54) is 11.1 Å². The van der Waals surface area contributed by atoms with Gasteiger partial charge in [-0.25, -0.2) is 0 Å². The lowest BCUT2D eigenvalue weighted by atomic mass is 10.1. The van der Waals surface area contributed by atoms with Gasteiger partial charge < -0.3 is 9.47 Å². The summed E-state index contributed by atoms with van der Waals surface area (Å²) in [6.45, 7) is 4.44. The minimum absolute atomic E-state index is 0.304. The van der Waals surface area contributed by atoms with E-state index in [9.17, 15) is 0 Å². The lowest BCUT2D eigenvalue weighted by molar-refractivity contribution is 0.0504. The molecule has 1 aromatic carbocycles. The highest BCUT2D eigenvalue weighted by molar-refractivity contribution is 14.1. The van der Waals surface area contributed by atoms with E-state index in [1.807, 2.05) is 6.07 Å². The summed E-state index contributed by atoms with van der Waals surface area (Å²) in [5.74, 6) is 0.903. The molecule has 0 aromatic heterocycles. The number of methoxy groups -OCH3 is 1. The largest absolute Gasteiger partial charge is 0.466 e. The monoisotopic (exact) mass is 292 g/mol. The highest BCUT2D eigenvalue weighted by Gasteiger charge is 2.04. The van der Waals surface area contributed by atoms with Gasteiger partial charge in [-0.3, -0.25) is 0 Å². The van der Waals surface area contributed by atoms with Gasteiger partial charge in [-0.1, -0.05) is 6.07 Å². The highest BCUT2D eigenvalue weighted by Crippen LogP contribution is 2.25. The second-order valence-corrected chi connectivity index (χ2v) is 4.02. The minimum atomic E-state index is 0.304. The summed E-state index contributed by atoms with van der Waals surface area (Å²) in [7, 11) is 1.62. The zero-order valence-corrected chi connectivity index (χ0v) is 10.2. The lowest BCUT2D eigenvalue weighted by Gasteiger charge is -2.09. The normalized spacial score (nSPS) is 10.2. The molecule has 0 N–H and O–H groups in total. The van der Waals surface area contributed by atoms with E-state index in [0.29, 0.717) is 6.79 Å². The van der Waals surface area contributed by atoms with Crippen molar-refractivity contribution in [2.45, 2.75) is 13.8 Å². The first kappa shape index (κ1) is 10.8. The standard InChI is InChI=1S/C10H13IO2/c1-7-4-8(2)10(11)9(5-7)13-6-12-3/h4-5H,6H2,1-3H3. The third-order valence-electron chi connectivity index (χ3n) is 1.70. The molecule has 2 nitrogen and oxygen atoms in total. The van der Waals surface area contributed by atoms with Gasteiger partial charge in [0, 0.05) is 7.11 Å². The third kappa shape index (κ3) is 2.84. The number of benzene rings is 1. The molecule has 0 saturated heterocycles. The van der Waals surface area contributed by atoms with Crippen molar-refractivity contribution in [2.24, 2.45) is 0 Å². The van der Waals surface area contributed by atoms with Crippen molar-refractivity contribution in [3.63, 3.8) is 0 Å². The Morgan fingerprint density at radius 2 is 2.00 bits per heavy atom. The van der Waals surface area contributed by atoms with Gasteiger partial charge in [-0.15, -0.1) is 0 Å². The molecule has 0 aliphatic rings. The van der Waals surface area contributed by atoms with Crippen molar-refractivity contribution in [1.82, 2.24) is 0 Å². The number of hydrogen-bond acceptors (Lipinski definition) is 2. The van der Waals surface area contributed by atoms with Crippen LogP contribution in [0.1, 0.15) is 11.1 Å². The van der Waals surface area contributed by atoms with Crippen molar-refractivity contribution in [3.8, 4) is 5.75 Å². The minimum Gasteiger partial charge on any atom is -0.466 e. The van der Waals surface area contributed by atoms with E-state index in [0.717, 1.165) is 9.32 Å². The fourth-order valence-corrected chi connectivity index (χ4v) is 1.61. The van der Waals surface area contributed by atoms with Crippen molar-refractivity contribution in [3.05, 3.63) is 26.8 Å². The molecule has 0 aliphatic carbocycles. The van der Waals surface area contributed by atoms with Gasteiger partial charge in [-0.05, 0) is 53.6 Å². The number of hydrogen-bond donors (Lipinski definition) is 0. The Hall–Kier alpha value is -0.290. The van der Waals surface area contributed by atoms with Crippen molar-refractivity contribution >= 4 is 22.6 Å². The second-order valence-electron chi connectivity index (χ2n) is 2.94. The fraction of sp³-hybridized carbons (Fsp3) is 0.400. The van der Waals surface area contributed by atoms with Crippen LogP contribution in [0.25, 0.3) is 0 Å². The summed E-state index contributed by atoms with van der Waals surface area (Å²) < 4.78 is 11.4. The Labute approximate surface area is 92.4 Å². The Morgan fingerprint density at radius 1 is 1.31 bits per heavy atom. The summed E-state index contributed by atoms with van der Waals surface area (Å²) in [5.41, 5.74) is 2.45. The molecule has 3 heteroatoms. The van der Waals surface area contributed by atoms with Gasteiger partial charge in [0.1, 0.15) is 5.75 Å². The molecule has 0 fully saturated rings. The molecule has 13 heavy (non-hydrogen) atoms. The van der Waals surface area contributed by atoms with E-state index in [1.54, 1.807) is 7.11 Å². The molecular weight excluding hydrogens is 279 g/mol. The van der Waals surface area contributed by atoms with Crippen LogP contribution < -0.4 is 4.74 Å². The molecule has 0 atom stereocenters. The molecule has 1 rings (SSSR count). The van der Waals surface area contributed by atoms with Crippen LogP contribution in [-0.2, 0) is 4.74 Å². The average Bonchev–Trinajstić information content (AvgIpc) is 2.09. The molecule has 0 spiro atoms. The molecular formula is C10H13IO2. The van der Waals surface area contributed by atoms with Crippen LogP contribution in [0.4, 0.5) is 0 Å². The maximum atomic E-state index is 5.42. The zero-order valence-electron chi connectivity index (χ0n) is 8.06. The predicted octanol–water partition coefficient (Wildman–Crippen LogP) is 2.89. The highest BCUT2D eigenvalue weighted by atomic mass is 127. The Bertz CT molecular complexity index is 297. The van der Waals surface area contributed by atoms with E-state index < -0.39 is 0 Å². The molecule has 0 aliphatic heterocycles. The summed E-state index contributed by atoms with van der Waals surface area (Å²) in [6.07, 6.45) is 0. The summed E-state index contributed by atoms with van der Waals surface area (Å²) in [6, 6.07) is 4.16. The first-order valence-electron chi connectivity index (χ1n) is 4.03. The average molecular weight is 292 g/mol. The maximum Gasteiger partial charge on any atom is 0.188 e. The number of ether oxygens (including phenoxy) is 2. The molecule has 0 amide bonds. The predicted molar refractivity (Wildman–Crippen MR) is 61.1 cm³/mol. The number of halogens is 1. The first-order valence-corrected chi connectivity index (χ1v) is 5.11. The Balaban J connectivity index is 2.92. The van der Waals surface area contributed by atoms with Crippen LogP contribution in [0.3, 0.4) is 0 Å². The van der Waals surface area contributed by atoms with Crippen molar-refractivity contribution in [1.29, 1.82) is 0 Å². The second kappa shape index (κ2) is 4.81. The first-order chi connectivity index (χ1) is 6.15. The smallest absolute Gasteiger partial charge is 0.188 e. The molecule has 0 saturated carbocycles. The van der Waals surface area contributed by atoms with Gasteiger partial charge in [0.15, 0.2) is 6.79 Å². The van der Waals surface area contributed by atoms with Gasteiger partial charge in [0.2, 0.25) is 0 Å². The lowest BCUT2D eigenvalue weighted by Crippen LogP contribution is -2.01. The molecule has 0 bridgehead atoms. The number of rotatable bonds is 3. The summed E-state index contributed by atoms with van der Waals surface area (Å²) in [5, 5.41) is 0. The Morgan fingerprint density at radius 3 is 2.62 bits per heavy atom. The van der Waals surface area contributed by atoms with Gasteiger partial charge in [-0.2, -0.15) is 0 Å². The zero-order chi connectivity index (χ0) is 9.84.